The number of carbonyl (C=O) groups excluding carboxylic acids is 2. The predicted octanol–water partition coefficient (Wildman–Crippen LogP) is 1.84. The zero-order valence-corrected chi connectivity index (χ0v) is 14.9. The number of esters is 1. The lowest BCUT2D eigenvalue weighted by Gasteiger charge is -2.35. The lowest BCUT2D eigenvalue weighted by Crippen LogP contribution is -2.53. The Labute approximate surface area is 133 Å². The van der Waals surface area contributed by atoms with E-state index in [0.717, 1.165) is 19.4 Å². The van der Waals surface area contributed by atoms with Gasteiger partial charge in [-0.2, -0.15) is 0 Å². The highest BCUT2D eigenvalue weighted by atomic mass is 16.7. The fraction of sp³-hybridized carbons (Fsp3) is 0.875. The molecule has 0 radical (unpaired) electrons. The van der Waals surface area contributed by atoms with Gasteiger partial charge in [0.2, 0.25) is 0 Å². The number of ether oxygens (including phenoxy) is 1. The molecule has 1 saturated heterocycles. The molecule has 0 N–H and O–H groups in total. The molecule has 1 heterocycles. The van der Waals surface area contributed by atoms with Gasteiger partial charge >= 0.3 is 5.97 Å². The summed E-state index contributed by atoms with van der Waals surface area (Å²) in [6, 6.07) is -0.745. The second kappa shape index (κ2) is 7.42. The van der Waals surface area contributed by atoms with Gasteiger partial charge in [-0.15, -0.1) is 0 Å². The molecule has 22 heavy (non-hydrogen) atoms. The van der Waals surface area contributed by atoms with Crippen LogP contribution in [0, 0.1) is 5.92 Å². The van der Waals surface area contributed by atoms with E-state index in [2.05, 4.69) is 0 Å². The van der Waals surface area contributed by atoms with E-state index < -0.39 is 11.6 Å². The number of rotatable bonds is 5. The van der Waals surface area contributed by atoms with Crippen molar-refractivity contribution >= 4 is 11.9 Å². The van der Waals surface area contributed by atoms with Crippen molar-refractivity contribution in [1.82, 2.24) is 9.96 Å². The Kier molecular flexibility index (Phi) is 6.38. The summed E-state index contributed by atoms with van der Waals surface area (Å²) in [7, 11) is 3.06. The number of carbonyl (C=O) groups is 2. The van der Waals surface area contributed by atoms with E-state index in [1.807, 2.05) is 39.5 Å². The quantitative estimate of drug-likeness (QED) is 0.572. The van der Waals surface area contributed by atoms with E-state index in [0.29, 0.717) is 0 Å². The molecule has 1 fully saturated rings. The lowest BCUT2D eigenvalue weighted by atomic mass is 10.0. The number of hydrogen-bond acceptors (Lipinski definition) is 5. The molecule has 6 nitrogen and oxygen atoms in total. The van der Waals surface area contributed by atoms with Gasteiger partial charge < -0.3 is 4.74 Å². The van der Waals surface area contributed by atoms with Crippen LogP contribution in [-0.4, -0.2) is 60.2 Å². The molecular weight excluding hydrogens is 284 g/mol. The largest absolute Gasteiger partial charge is 0.459 e. The molecule has 0 aromatic rings. The van der Waals surface area contributed by atoms with Crippen LogP contribution in [0.25, 0.3) is 0 Å². The van der Waals surface area contributed by atoms with Gasteiger partial charge in [0, 0.05) is 7.05 Å². The highest BCUT2D eigenvalue weighted by molar-refractivity contribution is 5.83. The van der Waals surface area contributed by atoms with Crippen LogP contribution in [0.4, 0.5) is 0 Å². The molecule has 0 bridgehead atoms. The number of amides is 1. The maximum absolute atomic E-state index is 12.6. The first-order chi connectivity index (χ1) is 10.1. The van der Waals surface area contributed by atoms with Crippen LogP contribution in [0.1, 0.15) is 47.5 Å². The molecule has 0 aromatic heterocycles. The number of likely N-dealkylation sites (N-methyl/N-ethyl adjacent to an activating group) is 1. The summed E-state index contributed by atoms with van der Waals surface area (Å²) < 4.78 is 5.55. The summed E-state index contributed by atoms with van der Waals surface area (Å²) in [5.41, 5.74) is -0.535. The van der Waals surface area contributed by atoms with E-state index in [-0.39, 0.29) is 23.8 Å². The van der Waals surface area contributed by atoms with E-state index >= 15 is 0 Å². The Morgan fingerprint density at radius 2 is 1.86 bits per heavy atom. The summed E-state index contributed by atoms with van der Waals surface area (Å²) in [5, 5.41) is 1.23. The Hall–Kier alpha value is -1.14. The van der Waals surface area contributed by atoms with Gasteiger partial charge in [-0.05, 0) is 46.1 Å². The fourth-order valence-corrected chi connectivity index (χ4v) is 2.84. The molecule has 0 aromatic carbocycles. The summed E-state index contributed by atoms with van der Waals surface area (Å²) in [6.07, 6.45) is 1.62. The second-order valence-corrected chi connectivity index (χ2v) is 7.14. The Morgan fingerprint density at radius 3 is 2.32 bits per heavy atom. The minimum absolute atomic E-state index is 0.0658. The lowest BCUT2D eigenvalue weighted by molar-refractivity contribution is -0.177. The van der Waals surface area contributed by atoms with Gasteiger partial charge in [0.15, 0.2) is 0 Å². The van der Waals surface area contributed by atoms with E-state index in [9.17, 15) is 9.59 Å². The third-order valence-electron chi connectivity index (χ3n) is 3.80. The van der Waals surface area contributed by atoms with Crippen molar-refractivity contribution < 1.29 is 19.2 Å². The van der Waals surface area contributed by atoms with Crippen molar-refractivity contribution in [1.29, 1.82) is 0 Å². The van der Waals surface area contributed by atoms with Crippen LogP contribution < -0.4 is 0 Å². The average molecular weight is 314 g/mol. The van der Waals surface area contributed by atoms with Crippen LogP contribution in [0.5, 0.6) is 0 Å². The molecule has 0 aliphatic carbocycles. The first kappa shape index (κ1) is 18.9. The van der Waals surface area contributed by atoms with Crippen LogP contribution >= 0.6 is 0 Å². The first-order valence-electron chi connectivity index (χ1n) is 7.88. The van der Waals surface area contributed by atoms with Gasteiger partial charge in [0.05, 0.1) is 13.2 Å². The topological polar surface area (TPSA) is 59.1 Å². The number of likely N-dealkylation sites (tertiary alicyclic amines) is 1. The standard InChI is InChI=1S/C16H30N2O4/c1-11(2)13(15(20)22-16(3,4)5)18-10-8-9-12(18)14(19)17(6)21-7/h11-13H,8-10H2,1-7H3/t12-,13-/m0/s1. The van der Waals surface area contributed by atoms with Crippen molar-refractivity contribution in [2.75, 3.05) is 20.7 Å². The fourth-order valence-electron chi connectivity index (χ4n) is 2.84. The SMILES string of the molecule is CON(C)C(=O)[C@@H]1CCCN1[C@H](C(=O)OC(C)(C)C)C(C)C. The van der Waals surface area contributed by atoms with Crippen LogP contribution in [0.3, 0.4) is 0 Å². The smallest absolute Gasteiger partial charge is 0.324 e. The molecule has 1 rings (SSSR count). The zero-order chi connectivity index (χ0) is 17.1. The average Bonchev–Trinajstić information content (AvgIpc) is 2.83. The second-order valence-electron chi connectivity index (χ2n) is 7.14. The van der Waals surface area contributed by atoms with Crippen LogP contribution in [-0.2, 0) is 19.2 Å². The summed E-state index contributed by atoms with van der Waals surface area (Å²) in [4.78, 5) is 32.0. The van der Waals surface area contributed by atoms with Crippen molar-refractivity contribution in [3.8, 4) is 0 Å². The molecule has 6 heteroatoms. The minimum atomic E-state index is -0.535. The zero-order valence-electron chi connectivity index (χ0n) is 14.9. The van der Waals surface area contributed by atoms with Crippen molar-refractivity contribution in [2.24, 2.45) is 5.92 Å². The van der Waals surface area contributed by atoms with Crippen LogP contribution in [0.15, 0.2) is 0 Å². The van der Waals surface area contributed by atoms with E-state index in [1.165, 1.54) is 12.2 Å². The Bertz CT molecular complexity index is 403. The molecule has 1 aliphatic heterocycles. The number of hydroxylamine groups is 2. The Balaban J connectivity index is 2.95. The molecule has 1 amide bonds. The number of nitrogens with zero attached hydrogens (tertiary/aromatic N) is 2. The molecule has 128 valence electrons. The maximum Gasteiger partial charge on any atom is 0.324 e. The molecule has 0 spiro atoms. The van der Waals surface area contributed by atoms with Crippen molar-refractivity contribution in [3.05, 3.63) is 0 Å². The summed E-state index contributed by atoms with van der Waals surface area (Å²) in [6.45, 7) is 10.2. The normalized spacial score (nSPS) is 21.0. The maximum atomic E-state index is 12.6. The summed E-state index contributed by atoms with van der Waals surface area (Å²) >= 11 is 0. The van der Waals surface area contributed by atoms with Gasteiger partial charge in [-0.1, -0.05) is 13.8 Å². The highest BCUT2D eigenvalue weighted by Crippen LogP contribution is 2.27. The monoisotopic (exact) mass is 314 g/mol. The van der Waals surface area contributed by atoms with Crippen molar-refractivity contribution in [2.45, 2.75) is 65.1 Å². The van der Waals surface area contributed by atoms with E-state index in [4.69, 9.17) is 9.57 Å². The third-order valence-corrected chi connectivity index (χ3v) is 3.80. The van der Waals surface area contributed by atoms with E-state index in [1.54, 1.807) is 7.05 Å². The molecule has 0 saturated carbocycles. The molecule has 2 atom stereocenters. The van der Waals surface area contributed by atoms with Gasteiger partial charge in [-0.3, -0.25) is 19.3 Å². The minimum Gasteiger partial charge on any atom is -0.459 e. The van der Waals surface area contributed by atoms with Crippen LogP contribution in [0.2, 0.25) is 0 Å². The van der Waals surface area contributed by atoms with Gasteiger partial charge in [0.1, 0.15) is 11.6 Å². The van der Waals surface area contributed by atoms with Crippen molar-refractivity contribution in [3.63, 3.8) is 0 Å². The highest BCUT2D eigenvalue weighted by Gasteiger charge is 2.42. The first-order valence-corrected chi connectivity index (χ1v) is 7.88. The predicted molar refractivity (Wildman–Crippen MR) is 84.0 cm³/mol. The summed E-state index contributed by atoms with van der Waals surface area (Å²) in [5.74, 6) is -0.312. The van der Waals surface area contributed by atoms with Gasteiger partial charge in [-0.25, -0.2) is 5.06 Å². The molecular formula is C16H30N2O4. The number of hydrogen-bond donors (Lipinski definition) is 0. The Morgan fingerprint density at radius 1 is 1.27 bits per heavy atom. The molecule has 0 unspecified atom stereocenters. The molecule has 1 aliphatic rings. The third kappa shape index (κ3) is 4.68. The van der Waals surface area contributed by atoms with Gasteiger partial charge in [0.25, 0.3) is 5.91 Å².